The Morgan fingerprint density at radius 1 is 1.19 bits per heavy atom. The van der Waals surface area contributed by atoms with Gasteiger partial charge in [0.25, 0.3) is 5.91 Å². The molecule has 0 fully saturated rings. The summed E-state index contributed by atoms with van der Waals surface area (Å²) in [6.45, 7) is 3.20. The molecule has 1 aromatic carbocycles. The van der Waals surface area contributed by atoms with Crippen molar-refractivity contribution in [3.05, 3.63) is 34.9 Å². The molecule has 4 nitrogen and oxygen atoms in total. The molecular weight excluding hydrogens is 294 g/mol. The standard InChI is InChI=1S/C13H13F4NO3/c1-3-5(2)11(13(20)21)18-12(19)6-4-7(14)9(16)10(17)8(6)15/h4-5,11H,3H2,1-2H3,(H,18,19)(H,20,21)/t5?,11-/m0/s1. The first-order chi connectivity index (χ1) is 9.70. The highest BCUT2D eigenvalue weighted by molar-refractivity contribution is 5.96. The number of halogens is 4. The van der Waals surface area contributed by atoms with E-state index in [4.69, 9.17) is 5.11 Å². The number of carboxylic acid groups (broad SMARTS) is 1. The lowest BCUT2D eigenvalue weighted by Crippen LogP contribution is -2.45. The molecule has 0 saturated carbocycles. The number of carbonyl (C=O) groups is 2. The summed E-state index contributed by atoms with van der Waals surface area (Å²) in [7, 11) is 0. The second-order valence-electron chi connectivity index (χ2n) is 4.52. The van der Waals surface area contributed by atoms with Crippen molar-refractivity contribution < 1.29 is 32.3 Å². The smallest absolute Gasteiger partial charge is 0.326 e. The Balaban J connectivity index is 3.12. The summed E-state index contributed by atoms with van der Waals surface area (Å²) in [5, 5.41) is 10.9. The summed E-state index contributed by atoms with van der Waals surface area (Å²) in [5.74, 6) is -11.0. The first-order valence-electron chi connectivity index (χ1n) is 6.07. The fraction of sp³-hybridized carbons (Fsp3) is 0.385. The summed E-state index contributed by atoms with van der Waals surface area (Å²) >= 11 is 0. The monoisotopic (exact) mass is 307 g/mol. The molecule has 0 bridgehead atoms. The maximum atomic E-state index is 13.4. The van der Waals surface area contributed by atoms with Crippen molar-refractivity contribution >= 4 is 11.9 Å². The molecule has 0 radical (unpaired) electrons. The molecule has 1 aromatic rings. The predicted molar refractivity (Wildman–Crippen MR) is 64.6 cm³/mol. The lowest BCUT2D eigenvalue weighted by Gasteiger charge is -2.20. The number of hydrogen-bond acceptors (Lipinski definition) is 2. The zero-order valence-electron chi connectivity index (χ0n) is 11.2. The van der Waals surface area contributed by atoms with Gasteiger partial charge in [-0.15, -0.1) is 0 Å². The van der Waals surface area contributed by atoms with E-state index in [0.717, 1.165) is 0 Å². The van der Waals surface area contributed by atoms with Crippen molar-refractivity contribution in [3.63, 3.8) is 0 Å². The molecule has 1 rings (SSSR count). The third kappa shape index (κ3) is 3.50. The minimum Gasteiger partial charge on any atom is -0.480 e. The van der Waals surface area contributed by atoms with Crippen molar-refractivity contribution in [3.8, 4) is 0 Å². The van der Waals surface area contributed by atoms with E-state index in [1.807, 2.05) is 5.32 Å². The molecule has 0 saturated heterocycles. The van der Waals surface area contributed by atoms with Crippen LogP contribution in [-0.2, 0) is 4.79 Å². The Labute approximate surface area is 117 Å². The average molecular weight is 307 g/mol. The van der Waals surface area contributed by atoms with Gasteiger partial charge in [-0.25, -0.2) is 22.4 Å². The molecule has 1 amide bonds. The number of amides is 1. The lowest BCUT2D eigenvalue weighted by atomic mass is 9.99. The number of nitrogens with one attached hydrogen (secondary N) is 1. The van der Waals surface area contributed by atoms with Crippen LogP contribution < -0.4 is 5.32 Å². The molecule has 0 aromatic heterocycles. The molecule has 2 N–H and O–H groups in total. The zero-order chi connectivity index (χ0) is 16.3. The molecule has 0 aliphatic rings. The Kier molecular flexibility index (Phi) is 5.28. The Hall–Kier alpha value is -2.12. The van der Waals surface area contributed by atoms with Crippen molar-refractivity contribution in [1.29, 1.82) is 0 Å². The van der Waals surface area contributed by atoms with Crippen molar-refractivity contribution in [1.82, 2.24) is 5.32 Å². The molecule has 0 aliphatic carbocycles. The van der Waals surface area contributed by atoms with Crippen LogP contribution in [0.15, 0.2) is 6.07 Å². The van der Waals surface area contributed by atoms with Crippen LogP contribution in [0, 0.1) is 29.2 Å². The van der Waals surface area contributed by atoms with Gasteiger partial charge in [-0.05, 0) is 12.0 Å². The Morgan fingerprint density at radius 2 is 1.76 bits per heavy atom. The number of aliphatic carboxylic acids is 1. The van der Waals surface area contributed by atoms with Gasteiger partial charge in [0.2, 0.25) is 0 Å². The Morgan fingerprint density at radius 3 is 2.24 bits per heavy atom. The Bertz CT molecular complexity index is 577. The first kappa shape index (κ1) is 16.9. The quantitative estimate of drug-likeness (QED) is 0.499. The fourth-order valence-corrected chi connectivity index (χ4v) is 1.64. The maximum Gasteiger partial charge on any atom is 0.326 e. The second kappa shape index (κ2) is 6.55. The van der Waals surface area contributed by atoms with Gasteiger partial charge in [-0.2, -0.15) is 0 Å². The minimum absolute atomic E-state index is 0.179. The topological polar surface area (TPSA) is 66.4 Å². The summed E-state index contributed by atoms with van der Waals surface area (Å²) in [4.78, 5) is 22.8. The highest BCUT2D eigenvalue weighted by Crippen LogP contribution is 2.19. The van der Waals surface area contributed by atoms with Gasteiger partial charge in [0.1, 0.15) is 6.04 Å². The minimum atomic E-state index is -2.13. The third-order valence-corrected chi connectivity index (χ3v) is 3.11. The molecule has 21 heavy (non-hydrogen) atoms. The maximum absolute atomic E-state index is 13.4. The van der Waals surface area contributed by atoms with E-state index in [1.165, 1.54) is 6.92 Å². The van der Waals surface area contributed by atoms with Gasteiger partial charge in [0.15, 0.2) is 23.3 Å². The third-order valence-electron chi connectivity index (χ3n) is 3.11. The normalized spacial score (nSPS) is 13.6. The summed E-state index contributed by atoms with van der Waals surface area (Å²) in [6.07, 6.45) is 0.395. The number of hydrogen-bond donors (Lipinski definition) is 2. The van der Waals surface area contributed by atoms with Crippen LogP contribution in [0.2, 0.25) is 0 Å². The van der Waals surface area contributed by atoms with Crippen molar-refractivity contribution in [2.75, 3.05) is 0 Å². The van der Waals surface area contributed by atoms with Crippen molar-refractivity contribution in [2.24, 2.45) is 5.92 Å². The van der Waals surface area contributed by atoms with Crippen LogP contribution in [0.4, 0.5) is 17.6 Å². The van der Waals surface area contributed by atoms with E-state index in [0.29, 0.717) is 6.42 Å². The number of carboxylic acids is 1. The van der Waals surface area contributed by atoms with Crippen LogP contribution >= 0.6 is 0 Å². The van der Waals surface area contributed by atoms with Gasteiger partial charge in [0, 0.05) is 0 Å². The highest BCUT2D eigenvalue weighted by Gasteiger charge is 2.29. The molecule has 0 heterocycles. The average Bonchev–Trinajstić information content (AvgIpc) is 2.44. The van der Waals surface area contributed by atoms with Gasteiger partial charge in [-0.1, -0.05) is 20.3 Å². The largest absolute Gasteiger partial charge is 0.480 e. The summed E-state index contributed by atoms with van der Waals surface area (Å²) in [6, 6.07) is -1.18. The highest BCUT2D eigenvalue weighted by atomic mass is 19.2. The van der Waals surface area contributed by atoms with Gasteiger partial charge >= 0.3 is 5.97 Å². The molecule has 2 atom stereocenters. The van der Waals surface area contributed by atoms with Crippen LogP contribution in [0.1, 0.15) is 30.6 Å². The SMILES string of the molecule is CCC(C)[C@H](NC(=O)c1cc(F)c(F)c(F)c1F)C(=O)O. The second-order valence-corrected chi connectivity index (χ2v) is 4.52. The lowest BCUT2D eigenvalue weighted by molar-refractivity contribution is -0.140. The first-order valence-corrected chi connectivity index (χ1v) is 6.07. The number of rotatable bonds is 5. The molecule has 0 aliphatic heterocycles. The van der Waals surface area contributed by atoms with Gasteiger partial charge in [-0.3, -0.25) is 4.79 Å². The molecular formula is C13H13F4NO3. The van der Waals surface area contributed by atoms with E-state index in [1.54, 1.807) is 6.92 Å². The van der Waals surface area contributed by atoms with E-state index in [-0.39, 0.29) is 6.07 Å². The van der Waals surface area contributed by atoms with Crippen molar-refractivity contribution in [2.45, 2.75) is 26.3 Å². The van der Waals surface area contributed by atoms with Crippen LogP contribution in [-0.4, -0.2) is 23.0 Å². The predicted octanol–water partition coefficient (Wildman–Crippen LogP) is 2.47. The van der Waals surface area contributed by atoms with E-state index in [2.05, 4.69) is 0 Å². The van der Waals surface area contributed by atoms with Crippen LogP contribution in [0.3, 0.4) is 0 Å². The summed E-state index contributed by atoms with van der Waals surface area (Å²) in [5.41, 5.74) is -1.10. The number of carbonyl (C=O) groups excluding carboxylic acids is 1. The van der Waals surface area contributed by atoms with Crippen LogP contribution in [0.25, 0.3) is 0 Å². The molecule has 8 heteroatoms. The molecule has 0 spiro atoms. The summed E-state index contributed by atoms with van der Waals surface area (Å²) < 4.78 is 52.3. The van der Waals surface area contributed by atoms with E-state index >= 15 is 0 Å². The van der Waals surface area contributed by atoms with Gasteiger partial charge in [0.05, 0.1) is 5.56 Å². The number of benzene rings is 1. The molecule has 116 valence electrons. The van der Waals surface area contributed by atoms with E-state index < -0.39 is 52.7 Å². The van der Waals surface area contributed by atoms with Crippen LogP contribution in [0.5, 0.6) is 0 Å². The molecule has 1 unspecified atom stereocenters. The zero-order valence-corrected chi connectivity index (χ0v) is 11.2. The van der Waals surface area contributed by atoms with Gasteiger partial charge < -0.3 is 10.4 Å². The fourth-order valence-electron chi connectivity index (χ4n) is 1.64. The van der Waals surface area contributed by atoms with E-state index in [9.17, 15) is 27.2 Å².